The van der Waals surface area contributed by atoms with Gasteiger partial charge >= 0.3 is 5.97 Å². The Morgan fingerprint density at radius 3 is 1.17 bits per heavy atom. The highest BCUT2D eigenvalue weighted by molar-refractivity contribution is 6.07. The number of aromatic carboxylic acids is 1. The molecule has 7 aromatic heterocycles. The summed E-state index contributed by atoms with van der Waals surface area (Å²) in [6.07, 6.45) is 18.5. The molecule has 0 atom stereocenters. The number of rotatable bonds is 18. The maximum atomic E-state index is 13.3. The lowest BCUT2D eigenvalue weighted by molar-refractivity contribution is 0.0692. The van der Waals surface area contributed by atoms with Crippen LogP contribution in [0.3, 0.4) is 0 Å². The van der Waals surface area contributed by atoms with Gasteiger partial charge in [-0.25, -0.2) is 14.8 Å². The van der Waals surface area contributed by atoms with Gasteiger partial charge in [-0.05, 0) is 174 Å². The third kappa shape index (κ3) is 13.0. The quantitative estimate of drug-likeness (QED) is 0.0719. The van der Waals surface area contributed by atoms with Crippen LogP contribution in [0.25, 0.3) is 45.0 Å². The molecule has 3 N–H and O–H groups in total. The molecular weight excluding hydrogens is 1120 g/mol. The fourth-order valence-corrected chi connectivity index (χ4v) is 10.1. The molecule has 3 aromatic carbocycles. The lowest BCUT2D eigenvalue weighted by atomic mass is 9.99. The molecule has 25 nitrogen and oxygen atoms in total. The summed E-state index contributed by atoms with van der Waals surface area (Å²) in [7, 11) is 4.59. The largest absolute Gasteiger partial charge is 0.496 e. The van der Waals surface area contributed by atoms with E-state index in [0.717, 1.165) is 75.8 Å². The number of anilines is 2. The van der Waals surface area contributed by atoms with Crippen molar-refractivity contribution in [1.29, 1.82) is 0 Å². The Morgan fingerprint density at radius 1 is 0.511 bits per heavy atom. The van der Waals surface area contributed by atoms with E-state index in [9.17, 15) is 19.5 Å². The summed E-state index contributed by atoms with van der Waals surface area (Å²) >= 11 is 0. The van der Waals surface area contributed by atoms with E-state index in [-0.39, 0.29) is 29.2 Å². The number of carbonyl (C=O) groups excluding carboxylic acids is 2. The van der Waals surface area contributed by atoms with Crippen LogP contribution in [0.5, 0.6) is 17.2 Å². The van der Waals surface area contributed by atoms with Crippen molar-refractivity contribution in [3.05, 3.63) is 155 Å². The zero-order valence-electron chi connectivity index (χ0n) is 50.6. The zero-order chi connectivity index (χ0) is 61.9. The zero-order valence-corrected chi connectivity index (χ0v) is 50.6. The first-order chi connectivity index (χ1) is 42.5. The summed E-state index contributed by atoms with van der Waals surface area (Å²) in [6.45, 7) is 14.0. The maximum Gasteiger partial charge on any atom is 0.339 e. The third-order valence-corrected chi connectivity index (χ3v) is 15.3. The number of hydrogen-bond acceptors (Lipinski definition) is 17. The van der Waals surface area contributed by atoms with Crippen molar-refractivity contribution < 1.29 is 33.7 Å². The normalized spacial score (nSPS) is 13.5. The number of ether oxygens (including phenoxy) is 3. The number of tetrazole rings is 2. The number of carbonyl (C=O) groups is 3. The van der Waals surface area contributed by atoms with Gasteiger partial charge in [0.15, 0.2) is 23.3 Å². The van der Waals surface area contributed by atoms with E-state index in [1.165, 1.54) is 20.0 Å². The van der Waals surface area contributed by atoms with Crippen LogP contribution in [0, 0.1) is 20.8 Å². The van der Waals surface area contributed by atoms with Gasteiger partial charge in [-0.15, -0.1) is 10.2 Å². The SMILES string of the molecule is COc1cc(C)c(-c2cnn(C3CC3)c2)cc1C(=O)Nc1cccc(-n2nnnc2C(C)C)n1.COc1cc(C)c(-c2cnn(C3CC3)c2)cc1C(=O)Nc1cccc(-n2nnnc2C(C)C)n1.COc1cc(C)c(-c2cnn(C3CC3)c2)cc1C(=O)O. The molecule has 0 radical (unpaired) electrons. The molecule has 7 heterocycles. The number of nitrogens with one attached hydrogen (secondary N) is 2. The van der Waals surface area contributed by atoms with Crippen LogP contribution in [0.2, 0.25) is 0 Å². The number of aryl methyl sites for hydroxylation is 3. The van der Waals surface area contributed by atoms with E-state index in [1.807, 2.05) is 118 Å². The average molecular weight is 1190 g/mol. The minimum atomic E-state index is -0.988. The highest BCUT2D eigenvalue weighted by Crippen LogP contribution is 2.40. The van der Waals surface area contributed by atoms with Gasteiger partial charge in [0.25, 0.3) is 11.8 Å². The molecule has 3 saturated carbocycles. The molecule has 13 rings (SSSR count). The second kappa shape index (κ2) is 25.2. The maximum absolute atomic E-state index is 13.3. The first-order valence-corrected chi connectivity index (χ1v) is 29.1. The molecule has 0 aliphatic heterocycles. The lowest BCUT2D eigenvalue weighted by Crippen LogP contribution is -2.16. The number of pyridine rings is 2. The van der Waals surface area contributed by atoms with Crippen molar-refractivity contribution in [2.75, 3.05) is 32.0 Å². The Labute approximate surface area is 507 Å². The Bertz CT molecular complexity index is 3990. The van der Waals surface area contributed by atoms with Crippen molar-refractivity contribution in [1.82, 2.24) is 79.7 Å². The van der Waals surface area contributed by atoms with Crippen molar-refractivity contribution in [3.63, 3.8) is 0 Å². The van der Waals surface area contributed by atoms with Gasteiger partial charge in [0.2, 0.25) is 0 Å². The third-order valence-electron chi connectivity index (χ3n) is 15.3. The van der Waals surface area contributed by atoms with Gasteiger partial charge in [0.1, 0.15) is 34.4 Å². The fraction of sp³-hybridized carbons (Fsp3) is 0.333. The number of methoxy groups -OCH3 is 3. The summed E-state index contributed by atoms with van der Waals surface area (Å²) in [5.74, 6) is 3.17. The molecule has 0 saturated heterocycles. The van der Waals surface area contributed by atoms with E-state index in [1.54, 1.807) is 78.3 Å². The summed E-state index contributed by atoms with van der Waals surface area (Å²) < 4.78 is 25.3. The molecule has 88 heavy (non-hydrogen) atoms. The van der Waals surface area contributed by atoms with Gasteiger partial charge in [-0.1, -0.05) is 39.8 Å². The minimum absolute atomic E-state index is 0.120. The Hall–Kier alpha value is -10.5. The molecule has 3 aliphatic carbocycles. The number of aromatic nitrogens is 16. The molecule has 10 aromatic rings. The first kappa shape index (κ1) is 59.3. The molecule has 0 bridgehead atoms. The van der Waals surface area contributed by atoms with Crippen LogP contribution in [-0.4, -0.2) is 124 Å². The topological polar surface area (TPSA) is 290 Å². The van der Waals surface area contributed by atoms with Crippen molar-refractivity contribution in [2.45, 2.75) is 117 Å². The highest BCUT2D eigenvalue weighted by atomic mass is 16.5. The summed E-state index contributed by atoms with van der Waals surface area (Å²) in [6, 6.07) is 23.0. The second-order valence-corrected chi connectivity index (χ2v) is 22.6. The van der Waals surface area contributed by atoms with Crippen LogP contribution in [0.4, 0.5) is 11.6 Å². The monoisotopic (exact) mass is 1190 g/mol. The van der Waals surface area contributed by atoms with Crippen molar-refractivity contribution in [2.24, 2.45) is 0 Å². The van der Waals surface area contributed by atoms with E-state index in [2.05, 4.69) is 66.9 Å². The van der Waals surface area contributed by atoms with Gasteiger partial charge < -0.3 is 30.0 Å². The smallest absolute Gasteiger partial charge is 0.339 e. The Morgan fingerprint density at radius 2 is 0.852 bits per heavy atom. The van der Waals surface area contributed by atoms with Crippen molar-refractivity contribution in [3.8, 4) is 62.3 Å². The number of benzene rings is 3. The van der Waals surface area contributed by atoms with E-state index in [4.69, 9.17) is 14.2 Å². The molecule has 3 fully saturated rings. The molecule has 25 heteroatoms. The van der Waals surface area contributed by atoms with Crippen LogP contribution in [-0.2, 0) is 0 Å². The molecule has 0 spiro atoms. The van der Waals surface area contributed by atoms with Gasteiger partial charge in [0, 0.05) is 47.1 Å². The molecule has 2 amide bonds. The number of carboxylic acids is 1. The Balaban J connectivity index is 0.000000141. The van der Waals surface area contributed by atoms with E-state index >= 15 is 0 Å². The lowest BCUT2D eigenvalue weighted by Gasteiger charge is -2.13. The van der Waals surface area contributed by atoms with Crippen molar-refractivity contribution >= 4 is 29.4 Å². The minimum Gasteiger partial charge on any atom is -0.496 e. The van der Waals surface area contributed by atoms with E-state index in [0.29, 0.717) is 81.4 Å². The number of hydrogen-bond donors (Lipinski definition) is 3. The number of nitrogens with zero attached hydrogens (tertiary/aromatic N) is 16. The van der Waals surface area contributed by atoms with E-state index < -0.39 is 5.97 Å². The number of carboxylic acid groups (broad SMARTS) is 1. The summed E-state index contributed by atoms with van der Waals surface area (Å²) in [5.41, 5.74) is 9.64. The molecule has 452 valence electrons. The highest BCUT2D eigenvalue weighted by Gasteiger charge is 2.28. The molecule has 3 aliphatic rings. The van der Waals surface area contributed by atoms with Crippen LogP contribution in [0.1, 0.15) is 156 Å². The first-order valence-electron chi connectivity index (χ1n) is 29.1. The number of amides is 2. The van der Waals surface area contributed by atoms with Gasteiger partial charge in [0.05, 0.1) is 69.2 Å². The second-order valence-electron chi connectivity index (χ2n) is 22.6. The average Bonchev–Trinajstić information content (AvgIpc) is 4.35. The predicted molar refractivity (Wildman–Crippen MR) is 327 cm³/mol. The fourth-order valence-electron chi connectivity index (χ4n) is 10.1. The van der Waals surface area contributed by atoms with Crippen LogP contribution >= 0.6 is 0 Å². The van der Waals surface area contributed by atoms with Gasteiger partial charge in [-0.2, -0.15) is 24.7 Å². The standard InChI is InChI=1S/2C24H26N8O2.C15H16N2O3/c2*1-14(2)23-28-29-30-32(23)22-7-5-6-21(26-22)27-24(33)19-11-18(15(3)10-20(19)34-4)16-12-25-31(13-16)17-8-9-17;1-9-5-14(20-2)13(15(18)19)6-12(9)10-7-16-17(8-10)11-3-4-11/h2*5-7,10-14,17H,8-9H2,1-4H3,(H,26,27,33);5-8,11H,3-4H2,1-2H3,(H,18,19). The summed E-state index contributed by atoms with van der Waals surface area (Å²) in [5, 5.41) is 52.1. The summed E-state index contributed by atoms with van der Waals surface area (Å²) in [4.78, 5) is 47.0. The van der Waals surface area contributed by atoms with Crippen LogP contribution in [0.15, 0.2) is 110 Å². The Kier molecular flexibility index (Phi) is 17.0. The predicted octanol–water partition coefficient (Wildman–Crippen LogP) is 10.8. The molecular formula is C63H68N18O7. The van der Waals surface area contributed by atoms with Gasteiger partial charge in [-0.3, -0.25) is 23.6 Å². The van der Waals surface area contributed by atoms with Crippen LogP contribution < -0.4 is 24.8 Å². The molecule has 0 unspecified atom stereocenters.